The van der Waals surface area contributed by atoms with Crippen LogP contribution in [0.3, 0.4) is 0 Å². The molecule has 3 amide bonds. The zero-order chi connectivity index (χ0) is 25.3. The first-order valence-electron chi connectivity index (χ1n) is 12.2. The van der Waals surface area contributed by atoms with Crippen molar-refractivity contribution in [2.75, 3.05) is 34.4 Å². The largest absolute Gasteiger partial charge is 0.497 e. The number of methoxy groups -OCH3 is 2. The third-order valence-corrected chi connectivity index (χ3v) is 8.29. The summed E-state index contributed by atoms with van der Waals surface area (Å²) in [5, 5.41) is 1.92. The van der Waals surface area contributed by atoms with Gasteiger partial charge in [-0.15, -0.1) is 11.3 Å². The molecule has 2 atom stereocenters. The molecule has 1 fully saturated rings. The van der Waals surface area contributed by atoms with Crippen molar-refractivity contribution < 1.29 is 19.1 Å². The van der Waals surface area contributed by atoms with Crippen LogP contribution >= 0.6 is 11.3 Å². The van der Waals surface area contributed by atoms with Gasteiger partial charge in [-0.05, 0) is 42.8 Å². The van der Waals surface area contributed by atoms with Gasteiger partial charge in [0.1, 0.15) is 11.5 Å². The molecule has 3 heterocycles. The monoisotopic (exact) mass is 497 g/mol. The van der Waals surface area contributed by atoms with Gasteiger partial charge < -0.3 is 19.3 Å². The number of nitrogens with zero attached hydrogens (tertiary/aromatic N) is 3. The third-order valence-electron chi connectivity index (χ3n) is 7.44. The summed E-state index contributed by atoms with van der Waals surface area (Å²) in [6.07, 6.45) is 3.65. The first-order valence-corrected chi connectivity index (χ1v) is 13.0. The van der Waals surface area contributed by atoms with Crippen molar-refractivity contribution in [3.05, 3.63) is 57.4 Å². The Morgan fingerprint density at radius 2 is 2.03 bits per heavy atom. The molecule has 188 valence electrons. The van der Waals surface area contributed by atoms with Gasteiger partial charge >= 0.3 is 6.03 Å². The van der Waals surface area contributed by atoms with Crippen molar-refractivity contribution in [2.24, 2.45) is 0 Å². The number of allylic oxidation sites excluding steroid dienone is 1. The Labute approximate surface area is 211 Å². The number of ether oxygens (including phenoxy) is 2. The lowest BCUT2D eigenvalue weighted by Gasteiger charge is -2.38. The first kappa shape index (κ1) is 25.1. The molecule has 0 N–H and O–H groups in total. The molecule has 2 aromatic rings. The highest BCUT2D eigenvalue weighted by Crippen LogP contribution is 2.47. The maximum atomic E-state index is 13.8. The predicted molar refractivity (Wildman–Crippen MR) is 138 cm³/mol. The molecule has 1 aromatic heterocycles. The zero-order valence-corrected chi connectivity index (χ0v) is 22.3. The minimum atomic E-state index is -0.483. The second-order valence-corrected chi connectivity index (χ2v) is 10.1. The van der Waals surface area contributed by atoms with E-state index in [0.717, 1.165) is 33.9 Å². The molecular formula is C27H35N3O4S. The molecule has 2 aliphatic rings. The molecule has 0 saturated carbocycles. The summed E-state index contributed by atoms with van der Waals surface area (Å²) in [6.45, 7) is 7.92. The van der Waals surface area contributed by atoms with Crippen LogP contribution in [0.15, 0.2) is 41.4 Å². The average molecular weight is 498 g/mol. The van der Waals surface area contributed by atoms with Gasteiger partial charge in [0.2, 0.25) is 0 Å². The highest BCUT2D eigenvalue weighted by Gasteiger charge is 2.52. The summed E-state index contributed by atoms with van der Waals surface area (Å²) in [5.41, 5.74) is 2.65. The van der Waals surface area contributed by atoms with Gasteiger partial charge in [0.15, 0.2) is 0 Å². The Kier molecular flexibility index (Phi) is 7.12. The average Bonchev–Trinajstić information content (AvgIpc) is 3.44. The maximum Gasteiger partial charge on any atom is 0.325 e. The molecule has 1 unspecified atom stereocenters. The number of benzene rings is 1. The number of carbonyl (C=O) groups is 2. The van der Waals surface area contributed by atoms with E-state index < -0.39 is 5.54 Å². The number of rotatable bonds is 8. The molecule has 35 heavy (non-hydrogen) atoms. The van der Waals surface area contributed by atoms with Crippen LogP contribution in [0, 0.1) is 0 Å². The van der Waals surface area contributed by atoms with E-state index in [1.807, 2.05) is 53.4 Å². The van der Waals surface area contributed by atoms with Gasteiger partial charge in [-0.25, -0.2) is 4.79 Å². The third kappa shape index (κ3) is 4.18. The fourth-order valence-corrected chi connectivity index (χ4v) is 6.31. The molecule has 2 aliphatic heterocycles. The molecule has 1 saturated heterocycles. The number of thiophene rings is 1. The fraction of sp³-hybridized carbons (Fsp3) is 0.481. The van der Waals surface area contributed by atoms with Crippen LogP contribution in [0.1, 0.15) is 60.3 Å². The van der Waals surface area contributed by atoms with Crippen molar-refractivity contribution in [2.45, 2.75) is 51.6 Å². The minimum absolute atomic E-state index is 0.00896. The SMILES string of the molecule is CCN1C(=O)N2Cc3cc(OC)cc(OC)c3[C@@H](C)C=C2C1(CC)CCN(C)C(=O)c1cccs1. The number of hydrogen-bond donors (Lipinski definition) is 0. The zero-order valence-electron chi connectivity index (χ0n) is 21.5. The second kappa shape index (κ2) is 9.93. The van der Waals surface area contributed by atoms with Crippen LogP contribution in [0.2, 0.25) is 0 Å². The van der Waals surface area contributed by atoms with Crippen molar-refractivity contribution in [1.29, 1.82) is 0 Å². The predicted octanol–water partition coefficient (Wildman–Crippen LogP) is 5.33. The quantitative estimate of drug-likeness (QED) is 0.494. The Morgan fingerprint density at radius 1 is 1.26 bits per heavy atom. The topological polar surface area (TPSA) is 62.3 Å². The lowest BCUT2D eigenvalue weighted by atomic mass is 9.85. The number of carbonyl (C=O) groups excluding carboxylic acids is 2. The normalized spacial score (nSPS) is 21.3. The van der Waals surface area contributed by atoms with Gasteiger partial charge in [0.25, 0.3) is 5.91 Å². The molecule has 0 aliphatic carbocycles. The van der Waals surface area contributed by atoms with Crippen LogP contribution in [-0.4, -0.2) is 66.5 Å². The van der Waals surface area contributed by atoms with E-state index in [1.54, 1.807) is 19.1 Å². The Balaban J connectivity index is 1.72. The number of amides is 3. The van der Waals surface area contributed by atoms with Crippen LogP contribution in [0.4, 0.5) is 4.79 Å². The van der Waals surface area contributed by atoms with E-state index in [2.05, 4.69) is 19.9 Å². The number of fused-ring (bicyclic) bond motifs is 2. The molecular weight excluding hydrogens is 462 g/mol. The standard InChI is InChI=1S/C27H35N3O4S/c1-7-27(11-12-28(4)25(31)22-10-9-13-35-22)23-14-18(3)24-19(15-20(33-5)16-21(24)34-6)17-29(23)26(32)30(27)8-2/h9-10,13-16,18H,7-8,11-12,17H2,1-6H3/t18-,27?/m0/s1. The van der Waals surface area contributed by atoms with Gasteiger partial charge in [-0.2, -0.15) is 0 Å². The van der Waals surface area contributed by atoms with Crippen molar-refractivity contribution in [1.82, 2.24) is 14.7 Å². The second-order valence-electron chi connectivity index (χ2n) is 9.20. The summed E-state index contributed by atoms with van der Waals surface area (Å²) < 4.78 is 11.2. The summed E-state index contributed by atoms with van der Waals surface area (Å²) >= 11 is 1.45. The Morgan fingerprint density at radius 3 is 2.63 bits per heavy atom. The number of likely N-dealkylation sites (N-methyl/N-ethyl adjacent to an activating group) is 1. The lowest BCUT2D eigenvalue weighted by Crippen LogP contribution is -2.48. The molecule has 1 aromatic carbocycles. The highest BCUT2D eigenvalue weighted by atomic mass is 32.1. The van der Waals surface area contributed by atoms with E-state index >= 15 is 0 Å². The van der Waals surface area contributed by atoms with E-state index in [1.165, 1.54) is 11.3 Å². The summed E-state index contributed by atoms with van der Waals surface area (Å²) in [7, 11) is 5.15. The molecule has 0 radical (unpaired) electrons. The van der Waals surface area contributed by atoms with Crippen molar-refractivity contribution in [3.8, 4) is 11.5 Å². The molecule has 0 bridgehead atoms. The number of hydrogen-bond acceptors (Lipinski definition) is 5. The van der Waals surface area contributed by atoms with Crippen molar-refractivity contribution >= 4 is 23.3 Å². The summed E-state index contributed by atoms with van der Waals surface area (Å²) in [6, 6.07) is 7.67. The lowest BCUT2D eigenvalue weighted by molar-refractivity contribution is 0.0770. The van der Waals surface area contributed by atoms with E-state index in [0.29, 0.717) is 31.8 Å². The van der Waals surface area contributed by atoms with E-state index in [9.17, 15) is 9.59 Å². The van der Waals surface area contributed by atoms with Gasteiger partial charge in [-0.1, -0.05) is 26.0 Å². The van der Waals surface area contributed by atoms with E-state index in [4.69, 9.17) is 9.47 Å². The van der Waals surface area contributed by atoms with Crippen LogP contribution in [0.25, 0.3) is 0 Å². The highest BCUT2D eigenvalue weighted by molar-refractivity contribution is 7.12. The van der Waals surface area contributed by atoms with Gasteiger partial charge in [0.05, 0.1) is 31.2 Å². The van der Waals surface area contributed by atoms with Gasteiger partial charge in [-0.3, -0.25) is 9.69 Å². The van der Waals surface area contributed by atoms with Crippen LogP contribution in [0.5, 0.6) is 11.5 Å². The van der Waals surface area contributed by atoms with E-state index in [-0.39, 0.29) is 17.9 Å². The molecule has 8 heteroatoms. The molecule has 0 spiro atoms. The van der Waals surface area contributed by atoms with Crippen LogP contribution in [-0.2, 0) is 6.54 Å². The minimum Gasteiger partial charge on any atom is -0.497 e. The summed E-state index contributed by atoms with van der Waals surface area (Å²) in [4.78, 5) is 33.0. The van der Waals surface area contributed by atoms with Crippen molar-refractivity contribution in [3.63, 3.8) is 0 Å². The molecule has 4 rings (SSSR count). The number of urea groups is 1. The maximum absolute atomic E-state index is 13.8. The Hall–Kier alpha value is -3.00. The van der Waals surface area contributed by atoms with Gasteiger partial charge in [0, 0.05) is 43.4 Å². The Bertz CT molecular complexity index is 1130. The fourth-order valence-electron chi connectivity index (χ4n) is 5.59. The molecule has 7 nitrogen and oxygen atoms in total. The first-order chi connectivity index (χ1) is 16.8. The smallest absolute Gasteiger partial charge is 0.325 e. The van der Waals surface area contributed by atoms with Crippen LogP contribution < -0.4 is 9.47 Å². The summed E-state index contributed by atoms with van der Waals surface area (Å²) in [5.74, 6) is 1.55.